The van der Waals surface area contributed by atoms with Gasteiger partial charge in [-0.2, -0.15) is 0 Å². The normalized spacial score (nSPS) is 10.3. The highest BCUT2D eigenvalue weighted by atomic mass is 32.1. The molecule has 0 aliphatic rings. The zero-order valence-corrected chi connectivity index (χ0v) is 11.2. The Kier molecular flexibility index (Phi) is 5.93. The number of ether oxygens (including phenoxy) is 2. The molecule has 96 valence electrons. The zero-order chi connectivity index (χ0) is 12.7. The number of hydrogen-bond donors (Lipinski definition) is 1. The molecule has 0 aliphatic carbocycles. The lowest BCUT2D eigenvalue weighted by atomic mass is 10.3. The first-order valence-electron chi connectivity index (χ1n) is 5.47. The Balaban J connectivity index is 2.42. The van der Waals surface area contributed by atoms with Gasteiger partial charge in [0.15, 0.2) is 5.13 Å². The van der Waals surface area contributed by atoms with Crippen molar-refractivity contribution >= 4 is 22.4 Å². The number of nitrogens with zero attached hydrogens (tertiary/aromatic N) is 1. The molecule has 1 N–H and O–H groups in total. The number of esters is 1. The average molecular weight is 258 g/mol. The van der Waals surface area contributed by atoms with Gasteiger partial charge in [0.05, 0.1) is 12.8 Å². The zero-order valence-electron chi connectivity index (χ0n) is 10.4. The molecule has 1 aromatic heterocycles. The monoisotopic (exact) mass is 258 g/mol. The molecule has 6 heteroatoms. The predicted molar refractivity (Wildman–Crippen MR) is 67.8 cm³/mol. The molecule has 0 amide bonds. The van der Waals surface area contributed by atoms with Crippen LogP contribution < -0.4 is 5.32 Å². The summed E-state index contributed by atoms with van der Waals surface area (Å²) in [5.41, 5.74) is 0.709. The molecule has 0 atom stereocenters. The number of anilines is 1. The summed E-state index contributed by atoms with van der Waals surface area (Å²) in [6, 6.07) is 0. The van der Waals surface area contributed by atoms with E-state index in [1.807, 2.05) is 0 Å². The summed E-state index contributed by atoms with van der Waals surface area (Å²) in [5, 5.41) is 3.95. The van der Waals surface area contributed by atoms with Crippen LogP contribution in [-0.2, 0) is 9.47 Å². The lowest BCUT2D eigenvalue weighted by Gasteiger charge is -2.01. The van der Waals surface area contributed by atoms with Gasteiger partial charge in [-0.1, -0.05) is 11.3 Å². The van der Waals surface area contributed by atoms with Crippen molar-refractivity contribution in [3.05, 3.63) is 10.6 Å². The largest absolute Gasteiger partial charge is 0.465 e. The molecule has 0 bridgehead atoms. The van der Waals surface area contributed by atoms with E-state index in [-0.39, 0.29) is 5.97 Å². The van der Waals surface area contributed by atoms with Gasteiger partial charge in [-0.15, -0.1) is 0 Å². The number of unbranched alkanes of at least 4 members (excludes halogenated alkanes) is 1. The fourth-order valence-corrected chi connectivity index (χ4v) is 2.23. The number of thiazole rings is 1. The Morgan fingerprint density at radius 2 is 2.18 bits per heavy atom. The van der Waals surface area contributed by atoms with E-state index in [4.69, 9.17) is 4.74 Å². The third-order valence-corrected chi connectivity index (χ3v) is 3.31. The summed E-state index contributed by atoms with van der Waals surface area (Å²) >= 11 is 1.33. The quantitative estimate of drug-likeness (QED) is 0.599. The number of aromatic nitrogens is 1. The molecule has 0 aromatic carbocycles. The third kappa shape index (κ3) is 4.32. The highest BCUT2D eigenvalue weighted by molar-refractivity contribution is 7.17. The molecule has 0 saturated heterocycles. The summed E-state index contributed by atoms with van der Waals surface area (Å²) in [6.45, 7) is 3.40. The number of carbonyl (C=O) groups is 1. The van der Waals surface area contributed by atoms with E-state index < -0.39 is 0 Å². The van der Waals surface area contributed by atoms with Crippen LogP contribution in [-0.4, -0.2) is 38.3 Å². The lowest BCUT2D eigenvalue weighted by molar-refractivity contribution is 0.0605. The number of carbonyl (C=O) groups excluding carboxylic acids is 1. The third-order valence-electron chi connectivity index (χ3n) is 2.22. The van der Waals surface area contributed by atoms with Crippen molar-refractivity contribution in [1.29, 1.82) is 0 Å². The van der Waals surface area contributed by atoms with Gasteiger partial charge in [0.25, 0.3) is 0 Å². The predicted octanol–water partition coefficient (Wildman–Crippen LogP) is 2.08. The molecule has 0 unspecified atom stereocenters. The Bertz CT molecular complexity index is 366. The number of rotatable bonds is 7. The minimum Gasteiger partial charge on any atom is -0.465 e. The Labute approximate surface area is 105 Å². The minimum atomic E-state index is -0.326. The van der Waals surface area contributed by atoms with Crippen molar-refractivity contribution in [2.24, 2.45) is 0 Å². The van der Waals surface area contributed by atoms with Gasteiger partial charge >= 0.3 is 5.97 Å². The number of nitrogens with one attached hydrogen (secondary N) is 1. The topological polar surface area (TPSA) is 60.5 Å². The van der Waals surface area contributed by atoms with Gasteiger partial charge in [-0.25, -0.2) is 9.78 Å². The van der Waals surface area contributed by atoms with Crippen molar-refractivity contribution in [3.8, 4) is 0 Å². The maximum atomic E-state index is 11.4. The van der Waals surface area contributed by atoms with E-state index in [2.05, 4.69) is 15.0 Å². The fraction of sp³-hybridized carbons (Fsp3) is 0.636. The van der Waals surface area contributed by atoms with Crippen LogP contribution in [0.4, 0.5) is 5.13 Å². The van der Waals surface area contributed by atoms with Gasteiger partial charge in [0, 0.05) is 20.3 Å². The maximum Gasteiger partial charge on any atom is 0.350 e. The Hall–Kier alpha value is -1.14. The van der Waals surface area contributed by atoms with E-state index in [1.165, 1.54) is 18.4 Å². The van der Waals surface area contributed by atoms with Gasteiger partial charge in [-0.3, -0.25) is 0 Å². The molecule has 0 fully saturated rings. The number of aryl methyl sites for hydroxylation is 1. The van der Waals surface area contributed by atoms with Crippen molar-refractivity contribution in [1.82, 2.24) is 4.98 Å². The summed E-state index contributed by atoms with van der Waals surface area (Å²) < 4.78 is 9.64. The van der Waals surface area contributed by atoms with Gasteiger partial charge < -0.3 is 14.8 Å². The second-order valence-electron chi connectivity index (χ2n) is 3.55. The smallest absolute Gasteiger partial charge is 0.350 e. The van der Waals surface area contributed by atoms with Gasteiger partial charge in [0.1, 0.15) is 4.88 Å². The second-order valence-corrected chi connectivity index (χ2v) is 4.55. The average Bonchev–Trinajstić information content (AvgIpc) is 2.69. The highest BCUT2D eigenvalue weighted by Crippen LogP contribution is 2.23. The SMILES string of the molecule is COCCCCNc1nc(C)c(C(=O)OC)s1. The number of hydrogen-bond acceptors (Lipinski definition) is 6. The van der Waals surface area contributed by atoms with E-state index in [1.54, 1.807) is 14.0 Å². The first-order valence-corrected chi connectivity index (χ1v) is 6.29. The van der Waals surface area contributed by atoms with Crippen molar-refractivity contribution in [2.75, 3.05) is 32.7 Å². The summed E-state index contributed by atoms with van der Waals surface area (Å²) in [4.78, 5) is 16.2. The lowest BCUT2D eigenvalue weighted by Crippen LogP contribution is -2.02. The first kappa shape index (κ1) is 13.9. The molecule has 0 saturated carbocycles. The molecule has 1 heterocycles. The molecular formula is C11H18N2O3S. The van der Waals surface area contributed by atoms with Crippen LogP contribution in [0.5, 0.6) is 0 Å². The van der Waals surface area contributed by atoms with Gasteiger partial charge in [-0.05, 0) is 19.8 Å². The molecular weight excluding hydrogens is 240 g/mol. The van der Waals surface area contributed by atoms with E-state index in [0.717, 1.165) is 31.1 Å². The molecule has 0 aliphatic heterocycles. The molecule has 0 radical (unpaired) electrons. The van der Waals surface area contributed by atoms with Crippen LogP contribution in [0.3, 0.4) is 0 Å². The standard InChI is InChI=1S/C11H18N2O3S/c1-8-9(10(14)16-3)17-11(13-8)12-6-4-5-7-15-2/h4-7H2,1-3H3,(H,12,13). The summed E-state index contributed by atoms with van der Waals surface area (Å²) in [7, 11) is 3.07. The minimum absolute atomic E-state index is 0.326. The maximum absolute atomic E-state index is 11.4. The van der Waals surface area contributed by atoms with Crippen molar-refractivity contribution < 1.29 is 14.3 Å². The first-order chi connectivity index (χ1) is 8.19. The van der Waals surface area contributed by atoms with Crippen LogP contribution in [0.15, 0.2) is 0 Å². The highest BCUT2D eigenvalue weighted by Gasteiger charge is 2.14. The van der Waals surface area contributed by atoms with Gasteiger partial charge in [0.2, 0.25) is 0 Å². The molecule has 1 aromatic rings. The van der Waals surface area contributed by atoms with E-state index in [9.17, 15) is 4.79 Å². The molecule has 0 spiro atoms. The van der Waals surface area contributed by atoms with Crippen LogP contribution in [0.25, 0.3) is 0 Å². The Morgan fingerprint density at radius 1 is 1.41 bits per heavy atom. The van der Waals surface area contributed by atoms with Crippen molar-refractivity contribution in [3.63, 3.8) is 0 Å². The summed E-state index contributed by atoms with van der Waals surface area (Å²) in [5.74, 6) is -0.326. The summed E-state index contributed by atoms with van der Waals surface area (Å²) in [6.07, 6.45) is 2.03. The molecule has 17 heavy (non-hydrogen) atoms. The second kappa shape index (κ2) is 7.24. The van der Waals surface area contributed by atoms with Crippen LogP contribution >= 0.6 is 11.3 Å². The van der Waals surface area contributed by atoms with E-state index in [0.29, 0.717) is 10.6 Å². The Morgan fingerprint density at radius 3 is 2.82 bits per heavy atom. The number of methoxy groups -OCH3 is 2. The molecule has 1 rings (SSSR count). The van der Waals surface area contributed by atoms with Crippen LogP contribution in [0.2, 0.25) is 0 Å². The van der Waals surface area contributed by atoms with Crippen molar-refractivity contribution in [2.45, 2.75) is 19.8 Å². The molecule has 5 nitrogen and oxygen atoms in total. The van der Waals surface area contributed by atoms with Crippen LogP contribution in [0.1, 0.15) is 28.2 Å². The van der Waals surface area contributed by atoms with Crippen LogP contribution in [0, 0.1) is 6.92 Å². The van der Waals surface area contributed by atoms with E-state index >= 15 is 0 Å². The fourth-order valence-electron chi connectivity index (χ4n) is 1.32.